The van der Waals surface area contributed by atoms with E-state index in [4.69, 9.17) is 9.15 Å². The third kappa shape index (κ3) is 2.79. The lowest BCUT2D eigenvalue weighted by Gasteiger charge is -2.03. The summed E-state index contributed by atoms with van der Waals surface area (Å²) in [7, 11) is 0. The molecule has 1 unspecified atom stereocenters. The zero-order valence-electron chi connectivity index (χ0n) is 8.43. The largest absolute Gasteiger partial charge is 0.416 e. The van der Waals surface area contributed by atoms with Gasteiger partial charge in [-0.3, -0.25) is 4.79 Å². The lowest BCUT2D eigenvalue weighted by molar-refractivity contribution is -0.120. The van der Waals surface area contributed by atoms with Crippen molar-refractivity contribution in [2.45, 2.75) is 18.6 Å². The highest BCUT2D eigenvalue weighted by atomic mass is 32.2. The average molecular weight is 228 g/mol. The van der Waals surface area contributed by atoms with Crippen molar-refractivity contribution >= 4 is 17.5 Å². The maximum absolute atomic E-state index is 11.6. The number of ether oxygens (including phenoxy) is 1. The maximum atomic E-state index is 11.6. The number of aryl methyl sites for hydroxylation is 1. The fourth-order valence-electron chi connectivity index (χ4n) is 1.38. The summed E-state index contributed by atoms with van der Waals surface area (Å²) in [5.74, 6) is 1.17. The first-order chi connectivity index (χ1) is 7.25. The van der Waals surface area contributed by atoms with Gasteiger partial charge in [-0.1, -0.05) is 11.8 Å². The van der Waals surface area contributed by atoms with Crippen LogP contribution < -0.4 is 0 Å². The lowest BCUT2D eigenvalue weighted by Crippen LogP contribution is -2.16. The van der Waals surface area contributed by atoms with Gasteiger partial charge in [0.1, 0.15) is 5.78 Å². The number of nitrogens with zero attached hydrogens (tertiary/aromatic N) is 2. The second-order valence-electron chi connectivity index (χ2n) is 3.40. The standard InChI is InChI=1S/C9H12N2O3S/c1-6-10-11-9(14-6)15-5-8(12)7-2-3-13-4-7/h7H,2-5H2,1H3. The quantitative estimate of drug-likeness (QED) is 0.718. The minimum absolute atomic E-state index is 0.0570. The van der Waals surface area contributed by atoms with Crippen LogP contribution in [-0.4, -0.2) is 34.9 Å². The Morgan fingerprint density at radius 1 is 1.60 bits per heavy atom. The van der Waals surface area contributed by atoms with Gasteiger partial charge >= 0.3 is 0 Å². The van der Waals surface area contributed by atoms with Crippen molar-refractivity contribution in [2.24, 2.45) is 5.92 Å². The van der Waals surface area contributed by atoms with Gasteiger partial charge in [-0.2, -0.15) is 0 Å². The van der Waals surface area contributed by atoms with Crippen LogP contribution in [0.2, 0.25) is 0 Å². The van der Waals surface area contributed by atoms with E-state index in [-0.39, 0.29) is 11.7 Å². The van der Waals surface area contributed by atoms with E-state index in [2.05, 4.69) is 10.2 Å². The predicted octanol–water partition coefficient (Wildman–Crippen LogP) is 1.08. The normalized spacial score (nSPS) is 20.7. The van der Waals surface area contributed by atoms with Gasteiger partial charge in [-0.15, -0.1) is 10.2 Å². The molecular weight excluding hydrogens is 216 g/mol. The van der Waals surface area contributed by atoms with Crippen LogP contribution in [0.1, 0.15) is 12.3 Å². The SMILES string of the molecule is Cc1nnc(SCC(=O)C2CCOC2)o1. The number of rotatable bonds is 4. The first-order valence-corrected chi connectivity index (χ1v) is 5.77. The highest BCUT2D eigenvalue weighted by Gasteiger charge is 2.23. The van der Waals surface area contributed by atoms with Crippen molar-refractivity contribution in [2.75, 3.05) is 19.0 Å². The summed E-state index contributed by atoms with van der Waals surface area (Å²) < 4.78 is 10.3. The summed E-state index contributed by atoms with van der Waals surface area (Å²) in [5, 5.41) is 7.95. The van der Waals surface area contributed by atoms with Crippen molar-refractivity contribution in [1.82, 2.24) is 10.2 Å². The van der Waals surface area contributed by atoms with Crippen LogP contribution in [0.4, 0.5) is 0 Å². The summed E-state index contributed by atoms with van der Waals surface area (Å²) in [6, 6.07) is 0. The van der Waals surface area contributed by atoms with Crippen molar-refractivity contribution in [3.63, 3.8) is 0 Å². The lowest BCUT2D eigenvalue weighted by atomic mass is 10.1. The molecule has 2 heterocycles. The van der Waals surface area contributed by atoms with E-state index in [1.807, 2.05) is 0 Å². The molecule has 1 aliphatic heterocycles. The van der Waals surface area contributed by atoms with E-state index in [1.165, 1.54) is 11.8 Å². The summed E-state index contributed by atoms with van der Waals surface area (Å²) in [6.07, 6.45) is 0.836. The number of hydrogen-bond donors (Lipinski definition) is 0. The number of hydrogen-bond acceptors (Lipinski definition) is 6. The van der Waals surface area contributed by atoms with Gasteiger partial charge in [0.25, 0.3) is 5.22 Å². The Balaban J connectivity index is 1.80. The molecule has 6 heteroatoms. The van der Waals surface area contributed by atoms with Crippen molar-refractivity contribution < 1.29 is 13.9 Å². The second-order valence-corrected chi connectivity index (χ2v) is 4.33. The Hall–Kier alpha value is -0.880. The average Bonchev–Trinajstić information content (AvgIpc) is 2.84. The Bertz CT molecular complexity index is 347. The molecular formula is C9H12N2O3S. The molecule has 5 nitrogen and oxygen atoms in total. The highest BCUT2D eigenvalue weighted by Crippen LogP contribution is 2.20. The summed E-state index contributed by atoms with van der Waals surface area (Å²) in [4.78, 5) is 11.6. The van der Waals surface area contributed by atoms with E-state index in [9.17, 15) is 4.79 Å². The number of Topliss-reactive ketones (excluding diaryl/α,β-unsaturated/α-hetero) is 1. The van der Waals surface area contributed by atoms with Gasteiger partial charge in [0, 0.05) is 19.4 Å². The molecule has 1 aliphatic rings. The Labute approximate surface area is 91.6 Å². The topological polar surface area (TPSA) is 65.2 Å². The maximum Gasteiger partial charge on any atom is 0.276 e. The molecule has 0 amide bonds. The predicted molar refractivity (Wildman–Crippen MR) is 53.7 cm³/mol. The minimum Gasteiger partial charge on any atom is -0.416 e. The first kappa shape index (κ1) is 10.6. The van der Waals surface area contributed by atoms with Crippen molar-refractivity contribution in [3.8, 4) is 0 Å². The molecule has 1 aromatic rings. The molecule has 1 saturated heterocycles. The summed E-state index contributed by atoms with van der Waals surface area (Å²) >= 11 is 1.29. The van der Waals surface area contributed by atoms with Gasteiger partial charge in [0.2, 0.25) is 5.89 Å². The molecule has 1 aromatic heterocycles. The van der Waals surface area contributed by atoms with Crippen LogP contribution >= 0.6 is 11.8 Å². The zero-order valence-corrected chi connectivity index (χ0v) is 9.25. The fourth-order valence-corrected chi connectivity index (χ4v) is 2.16. The molecule has 0 saturated carbocycles. The highest BCUT2D eigenvalue weighted by molar-refractivity contribution is 7.99. The van der Waals surface area contributed by atoms with E-state index in [1.54, 1.807) is 6.92 Å². The summed E-state index contributed by atoms with van der Waals surface area (Å²) in [5.41, 5.74) is 0. The number of carbonyl (C=O) groups is 1. The van der Waals surface area contributed by atoms with E-state index < -0.39 is 0 Å². The number of thioether (sulfide) groups is 1. The summed E-state index contributed by atoms with van der Waals surface area (Å²) in [6.45, 7) is 2.98. The molecule has 0 radical (unpaired) electrons. The number of aromatic nitrogens is 2. The molecule has 82 valence electrons. The molecule has 2 rings (SSSR count). The third-order valence-electron chi connectivity index (χ3n) is 2.23. The molecule has 15 heavy (non-hydrogen) atoms. The third-order valence-corrected chi connectivity index (χ3v) is 3.07. The molecule has 0 aliphatic carbocycles. The molecule has 0 spiro atoms. The Kier molecular flexibility index (Phi) is 3.37. The zero-order chi connectivity index (χ0) is 10.7. The van der Waals surface area contributed by atoms with Crippen LogP contribution in [0.25, 0.3) is 0 Å². The fraction of sp³-hybridized carbons (Fsp3) is 0.667. The molecule has 0 aromatic carbocycles. The Morgan fingerprint density at radius 3 is 3.07 bits per heavy atom. The van der Waals surface area contributed by atoms with Crippen LogP contribution in [0.15, 0.2) is 9.64 Å². The van der Waals surface area contributed by atoms with Gasteiger partial charge in [-0.05, 0) is 6.42 Å². The van der Waals surface area contributed by atoms with Crippen LogP contribution in [0, 0.1) is 12.8 Å². The van der Waals surface area contributed by atoms with Crippen LogP contribution in [0.3, 0.4) is 0 Å². The number of carbonyl (C=O) groups excluding carboxylic acids is 1. The molecule has 1 fully saturated rings. The van der Waals surface area contributed by atoms with Gasteiger partial charge in [0.15, 0.2) is 0 Å². The Morgan fingerprint density at radius 2 is 2.47 bits per heavy atom. The van der Waals surface area contributed by atoms with E-state index >= 15 is 0 Å². The van der Waals surface area contributed by atoms with Crippen LogP contribution in [-0.2, 0) is 9.53 Å². The molecule has 0 bridgehead atoms. The smallest absolute Gasteiger partial charge is 0.276 e. The van der Waals surface area contributed by atoms with Gasteiger partial charge < -0.3 is 9.15 Å². The monoisotopic (exact) mass is 228 g/mol. The first-order valence-electron chi connectivity index (χ1n) is 4.79. The van der Waals surface area contributed by atoms with Crippen molar-refractivity contribution in [3.05, 3.63) is 5.89 Å². The molecule has 1 atom stereocenters. The van der Waals surface area contributed by atoms with Crippen LogP contribution in [0.5, 0.6) is 0 Å². The van der Waals surface area contributed by atoms with Gasteiger partial charge in [0.05, 0.1) is 12.4 Å². The minimum atomic E-state index is 0.0570. The number of ketones is 1. The second kappa shape index (κ2) is 4.76. The van der Waals surface area contributed by atoms with E-state index in [0.29, 0.717) is 30.1 Å². The molecule has 0 N–H and O–H groups in total. The van der Waals surface area contributed by atoms with E-state index in [0.717, 1.165) is 6.42 Å². The van der Waals surface area contributed by atoms with Crippen molar-refractivity contribution in [1.29, 1.82) is 0 Å². The van der Waals surface area contributed by atoms with Gasteiger partial charge in [-0.25, -0.2) is 0 Å².